The third-order valence-electron chi connectivity index (χ3n) is 5.50. The quantitative estimate of drug-likeness (QED) is 0.738. The maximum absolute atomic E-state index is 12.2. The lowest BCUT2D eigenvalue weighted by Crippen LogP contribution is -2.47. The predicted molar refractivity (Wildman–Crippen MR) is 78.6 cm³/mol. The topological polar surface area (TPSA) is 86.6 Å². The fraction of sp³-hybridized carbons (Fsp3) is 0.875. The summed E-state index contributed by atoms with van der Waals surface area (Å²) in [6.45, 7) is 8.20. The minimum absolute atomic E-state index is 0.223. The van der Waals surface area contributed by atoms with E-state index in [9.17, 15) is 14.7 Å². The van der Waals surface area contributed by atoms with Crippen LogP contribution in [0.25, 0.3) is 0 Å². The van der Waals surface area contributed by atoms with Gasteiger partial charge in [0.2, 0.25) is 5.91 Å². The molecule has 0 spiro atoms. The molecular weight excluding hydrogens is 270 g/mol. The zero-order valence-electron chi connectivity index (χ0n) is 13.4. The Bertz CT molecular complexity index is 445. The predicted octanol–water partition coefficient (Wildman–Crippen LogP) is 1.79. The SMILES string of the molecule is CC1(C)CCC(O)(CNC(=O)[C@H]2[C@@H](C(=O)O)C2(C)C)CC1. The van der Waals surface area contributed by atoms with Crippen molar-refractivity contribution in [2.24, 2.45) is 22.7 Å². The Labute approximate surface area is 126 Å². The fourth-order valence-electron chi connectivity index (χ4n) is 3.52. The van der Waals surface area contributed by atoms with Crippen LogP contribution in [0.4, 0.5) is 0 Å². The van der Waals surface area contributed by atoms with E-state index >= 15 is 0 Å². The standard InChI is InChI=1S/C16H27NO4/c1-14(2)5-7-16(21,8-6-14)9-17-12(18)10-11(13(19)20)15(10,3)4/h10-11,21H,5-9H2,1-4H3,(H,17,18)(H,19,20)/t10-,11+/m1/s1. The number of carboxylic acids is 1. The maximum atomic E-state index is 12.2. The molecular formula is C16H27NO4. The molecule has 0 radical (unpaired) electrons. The van der Waals surface area contributed by atoms with E-state index in [4.69, 9.17) is 5.11 Å². The van der Waals surface area contributed by atoms with E-state index in [1.54, 1.807) is 13.8 Å². The van der Waals surface area contributed by atoms with Crippen molar-refractivity contribution in [1.82, 2.24) is 5.32 Å². The number of hydrogen-bond acceptors (Lipinski definition) is 3. The molecule has 0 aromatic rings. The van der Waals surface area contributed by atoms with Gasteiger partial charge in [0.1, 0.15) is 0 Å². The molecule has 3 N–H and O–H groups in total. The second-order valence-corrected chi connectivity index (χ2v) is 8.22. The molecule has 2 rings (SSSR count). The Morgan fingerprint density at radius 3 is 2.00 bits per heavy atom. The molecule has 21 heavy (non-hydrogen) atoms. The molecule has 0 aliphatic heterocycles. The maximum Gasteiger partial charge on any atom is 0.307 e. The summed E-state index contributed by atoms with van der Waals surface area (Å²) in [6, 6.07) is 0. The first kappa shape index (κ1) is 16.3. The molecule has 0 aromatic carbocycles. The summed E-state index contributed by atoms with van der Waals surface area (Å²) >= 11 is 0. The first-order chi connectivity index (χ1) is 9.49. The first-order valence-electron chi connectivity index (χ1n) is 7.71. The molecule has 2 aliphatic rings. The molecule has 2 atom stereocenters. The van der Waals surface area contributed by atoms with Crippen molar-refractivity contribution >= 4 is 11.9 Å². The summed E-state index contributed by atoms with van der Waals surface area (Å²) in [5.41, 5.74) is -1.08. The summed E-state index contributed by atoms with van der Waals surface area (Å²) in [7, 11) is 0. The van der Waals surface area contributed by atoms with Gasteiger partial charge in [-0.25, -0.2) is 0 Å². The highest BCUT2D eigenvalue weighted by Gasteiger charge is 2.65. The molecule has 5 heteroatoms. The van der Waals surface area contributed by atoms with E-state index in [1.807, 2.05) is 0 Å². The third-order valence-corrected chi connectivity index (χ3v) is 5.50. The van der Waals surface area contributed by atoms with Crippen molar-refractivity contribution < 1.29 is 19.8 Å². The van der Waals surface area contributed by atoms with Crippen LogP contribution in [0.15, 0.2) is 0 Å². The van der Waals surface area contributed by atoms with E-state index in [2.05, 4.69) is 19.2 Å². The van der Waals surface area contributed by atoms with Crippen molar-refractivity contribution in [2.45, 2.75) is 59.0 Å². The van der Waals surface area contributed by atoms with Crippen LogP contribution in [-0.4, -0.2) is 34.2 Å². The van der Waals surface area contributed by atoms with Crippen molar-refractivity contribution in [3.8, 4) is 0 Å². The molecule has 0 saturated heterocycles. The number of aliphatic hydroxyl groups is 1. The van der Waals surface area contributed by atoms with Gasteiger partial charge in [0.15, 0.2) is 0 Å². The van der Waals surface area contributed by atoms with Crippen LogP contribution in [0.3, 0.4) is 0 Å². The summed E-state index contributed by atoms with van der Waals surface area (Å²) in [4.78, 5) is 23.3. The van der Waals surface area contributed by atoms with E-state index in [0.29, 0.717) is 12.8 Å². The van der Waals surface area contributed by atoms with Gasteiger partial charge in [0.25, 0.3) is 0 Å². The molecule has 5 nitrogen and oxygen atoms in total. The van der Waals surface area contributed by atoms with Crippen molar-refractivity contribution in [3.05, 3.63) is 0 Å². The number of carbonyl (C=O) groups excluding carboxylic acids is 1. The highest BCUT2D eigenvalue weighted by atomic mass is 16.4. The van der Waals surface area contributed by atoms with Gasteiger partial charge in [-0.1, -0.05) is 27.7 Å². The molecule has 0 heterocycles. The van der Waals surface area contributed by atoms with Crippen LogP contribution >= 0.6 is 0 Å². The van der Waals surface area contributed by atoms with E-state index in [1.165, 1.54) is 0 Å². The van der Waals surface area contributed by atoms with Gasteiger partial charge >= 0.3 is 5.97 Å². The van der Waals surface area contributed by atoms with Gasteiger partial charge in [-0.15, -0.1) is 0 Å². The Balaban J connectivity index is 1.87. The largest absolute Gasteiger partial charge is 0.481 e. The normalized spacial score (nSPS) is 32.2. The second kappa shape index (κ2) is 4.97. The van der Waals surface area contributed by atoms with Crippen molar-refractivity contribution in [2.75, 3.05) is 6.54 Å². The van der Waals surface area contributed by atoms with Crippen LogP contribution in [0.5, 0.6) is 0 Å². The lowest BCUT2D eigenvalue weighted by atomic mass is 9.71. The first-order valence-corrected chi connectivity index (χ1v) is 7.71. The summed E-state index contributed by atoms with van der Waals surface area (Å²) in [6.07, 6.45) is 3.23. The average Bonchev–Trinajstić information content (AvgIpc) is 2.94. The van der Waals surface area contributed by atoms with Gasteiger partial charge in [0.05, 0.1) is 17.4 Å². The lowest BCUT2D eigenvalue weighted by Gasteiger charge is -2.40. The Hall–Kier alpha value is -1.10. The van der Waals surface area contributed by atoms with Crippen LogP contribution in [0.1, 0.15) is 53.4 Å². The number of amides is 1. The summed E-state index contributed by atoms with van der Waals surface area (Å²) in [5, 5.41) is 22.4. The van der Waals surface area contributed by atoms with Crippen LogP contribution in [0, 0.1) is 22.7 Å². The van der Waals surface area contributed by atoms with E-state index in [0.717, 1.165) is 12.8 Å². The minimum Gasteiger partial charge on any atom is -0.481 e. The molecule has 0 aromatic heterocycles. The monoisotopic (exact) mass is 297 g/mol. The zero-order valence-corrected chi connectivity index (χ0v) is 13.4. The fourth-order valence-corrected chi connectivity index (χ4v) is 3.52. The molecule has 2 fully saturated rings. The molecule has 0 unspecified atom stereocenters. The Kier molecular flexibility index (Phi) is 3.85. The second-order valence-electron chi connectivity index (χ2n) is 8.22. The summed E-state index contributed by atoms with van der Waals surface area (Å²) < 4.78 is 0. The molecule has 1 amide bonds. The van der Waals surface area contributed by atoms with Crippen molar-refractivity contribution in [3.63, 3.8) is 0 Å². The van der Waals surface area contributed by atoms with Crippen LogP contribution in [-0.2, 0) is 9.59 Å². The van der Waals surface area contributed by atoms with Gasteiger partial charge in [-0.2, -0.15) is 0 Å². The van der Waals surface area contributed by atoms with Gasteiger partial charge in [0, 0.05) is 6.54 Å². The highest BCUT2D eigenvalue weighted by Crippen LogP contribution is 2.58. The zero-order chi connectivity index (χ0) is 16.1. The molecule has 0 bridgehead atoms. The number of nitrogens with one attached hydrogen (secondary N) is 1. The van der Waals surface area contributed by atoms with Crippen molar-refractivity contribution in [1.29, 1.82) is 0 Å². The van der Waals surface area contributed by atoms with E-state index < -0.39 is 28.8 Å². The van der Waals surface area contributed by atoms with Gasteiger partial charge in [-0.3, -0.25) is 9.59 Å². The van der Waals surface area contributed by atoms with Gasteiger partial charge in [-0.05, 0) is 36.5 Å². The number of carbonyl (C=O) groups is 2. The van der Waals surface area contributed by atoms with Gasteiger partial charge < -0.3 is 15.5 Å². The molecule has 120 valence electrons. The number of aliphatic carboxylic acids is 1. The van der Waals surface area contributed by atoms with E-state index in [-0.39, 0.29) is 17.9 Å². The Morgan fingerprint density at radius 2 is 1.57 bits per heavy atom. The minimum atomic E-state index is -0.918. The molecule has 2 aliphatic carbocycles. The lowest BCUT2D eigenvalue weighted by molar-refractivity contribution is -0.140. The molecule has 2 saturated carbocycles. The number of rotatable bonds is 4. The van der Waals surface area contributed by atoms with Crippen LogP contribution in [0.2, 0.25) is 0 Å². The third kappa shape index (κ3) is 3.23. The van der Waals surface area contributed by atoms with Crippen LogP contribution < -0.4 is 5.32 Å². The number of carboxylic acid groups (broad SMARTS) is 1. The summed E-state index contributed by atoms with van der Waals surface area (Å²) in [5.74, 6) is -2.26. The average molecular weight is 297 g/mol. The highest BCUT2D eigenvalue weighted by molar-refractivity contribution is 5.91. The Morgan fingerprint density at radius 1 is 1.05 bits per heavy atom. The number of hydrogen-bond donors (Lipinski definition) is 3. The smallest absolute Gasteiger partial charge is 0.307 e.